The van der Waals surface area contributed by atoms with Crippen molar-refractivity contribution in [3.05, 3.63) is 22.0 Å². The maximum Gasteiger partial charge on any atom is 0.239 e. The van der Waals surface area contributed by atoms with E-state index in [1.165, 1.54) is 18.4 Å². The zero-order valence-corrected chi connectivity index (χ0v) is 10.6. The number of amides is 1. The van der Waals surface area contributed by atoms with Gasteiger partial charge >= 0.3 is 0 Å². The summed E-state index contributed by atoms with van der Waals surface area (Å²) in [7, 11) is 1.53. The van der Waals surface area contributed by atoms with Crippen molar-refractivity contribution in [2.45, 2.75) is 6.92 Å². The molecule has 0 bridgehead atoms. The van der Waals surface area contributed by atoms with Gasteiger partial charge in [0, 0.05) is 6.20 Å². The Bertz CT molecular complexity index is 390. The first-order valence-electron chi connectivity index (χ1n) is 4.58. The van der Waals surface area contributed by atoms with Crippen molar-refractivity contribution in [3.63, 3.8) is 0 Å². The molecule has 0 radical (unpaired) electrons. The Morgan fingerprint density at radius 3 is 3.06 bits per heavy atom. The average molecular weight is 261 g/mol. The van der Waals surface area contributed by atoms with E-state index in [1.54, 1.807) is 6.20 Å². The molecular formula is C10H13ClN2O2S. The van der Waals surface area contributed by atoms with Crippen LogP contribution in [0.5, 0.6) is 0 Å². The first-order chi connectivity index (χ1) is 7.69. The van der Waals surface area contributed by atoms with E-state index in [0.717, 1.165) is 16.1 Å². The minimum atomic E-state index is -0.211. The first kappa shape index (κ1) is 13.0. The number of halogens is 1. The minimum absolute atomic E-state index is 0.0469. The molecule has 1 aromatic heterocycles. The van der Waals surface area contributed by atoms with E-state index < -0.39 is 0 Å². The van der Waals surface area contributed by atoms with Crippen LogP contribution in [0.1, 0.15) is 10.4 Å². The predicted octanol–water partition coefficient (Wildman–Crippen LogP) is 2.36. The number of anilines is 1. The van der Waals surface area contributed by atoms with E-state index in [2.05, 4.69) is 15.6 Å². The summed E-state index contributed by atoms with van der Waals surface area (Å²) < 4.78 is 0. The fourth-order valence-electron chi connectivity index (χ4n) is 1.10. The third-order valence-electron chi connectivity index (χ3n) is 1.81. The molecule has 1 heterocycles. The van der Waals surface area contributed by atoms with E-state index in [4.69, 9.17) is 11.6 Å². The van der Waals surface area contributed by atoms with Crippen molar-refractivity contribution in [1.29, 1.82) is 0 Å². The second kappa shape index (κ2) is 6.52. The Kier molecular flexibility index (Phi) is 5.31. The van der Waals surface area contributed by atoms with E-state index in [-0.39, 0.29) is 11.8 Å². The van der Waals surface area contributed by atoms with E-state index in [9.17, 15) is 4.79 Å². The highest BCUT2D eigenvalue weighted by Gasteiger charge is 2.09. The Morgan fingerprint density at radius 2 is 2.44 bits per heavy atom. The predicted molar refractivity (Wildman–Crippen MR) is 67.6 cm³/mol. The summed E-state index contributed by atoms with van der Waals surface area (Å²) in [5.74, 6) is -0.257. The largest absolute Gasteiger partial charge is 0.324 e. The molecule has 16 heavy (non-hydrogen) atoms. The molecule has 0 saturated heterocycles. The number of hydrogen-bond acceptors (Lipinski definition) is 4. The SMILES string of the molecule is CONC=Cc1scc(C)c1NC(=O)CCl. The van der Waals surface area contributed by atoms with Crippen molar-refractivity contribution in [2.24, 2.45) is 0 Å². The number of thiophene rings is 1. The lowest BCUT2D eigenvalue weighted by molar-refractivity contribution is -0.113. The summed E-state index contributed by atoms with van der Waals surface area (Å²) in [4.78, 5) is 16.8. The molecule has 0 spiro atoms. The van der Waals surface area contributed by atoms with Crippen molar-refractivity contribution >= 4 is 40.6 Å². The first-order valence-corrected chi connectivity index (χ1v) is 5.99. The second-order valence-electron chi connectivity index (χ2n) is 3.00. The van der Waals surface area contributed by atoms with Gasteiger partial charge in [-0.15, -0.1) is 22.9 Å². The lowest BCUT2D eigenvalue weighted by Crippen LogP contribution is -2.13. The van der Waals surface area contributed by atoms with Gasteiger partial charge in [0.25, 0.3) is 0 Å². The zero-order valence-electron chi connectivity index (χ0n) is 9.04. The van der Waals surface area contributed by atoms with Gasteiger partial charge < -0.3 is 5.32 Å². The van der Waals surface area contributed by atoms with Crippen LogP contribution in [0.3, 0.4) is 0 Å². The summed E-state index contributed by atoms with van der Waals surface area (Å²) in [6.45, 7) is 1.93. The molecule has 0 fully saturated rings. The number of nitrogens with one attached hydrogen (secondary N) is 2. The third kappa shape index (κ3) is 3.52. The fraction of sp³-hybridized carbons (Fsp3) is 0.300. The van der Waals surface area contributed by atoms with Crippen LogP contribution in [-0.4, -0.2) is 18.9 Å². The van der Waals surface area contributed by atoms with Gasteiger partial charge in [-0.1, -0.05) is 0 Å². The molecule has 0 aliphatic heterocycles. The summed E-state index contributed by atoms with van der Waals surface area (Å²) in [6, 6.07) is 0. The van der Waals surface area contributed by atoms with Gasteiger partial charge in [0.05, 0.1) is 17.7 Å². The topological polar surface area (TPSA) is 50.4 Å². The van der Waals surface area contributed by atoms with Gasteiger partial charge in [0.1, 0.15) is 5.88 Å². The lowest BCUT2D eigenvalue weighted by atomic mass is 10.2. The van der Waals surface area contributed by atoms with Crippen LogP contribution in [-0.2, 0) is 9.63 Å². The van der Waals surface area contributed by atoms with Gasteiger partial charge in [-0.05, 0) is 23.9 Å². The van der Waals surface area contributed by atoms with Crippen LogP contribution in [0, 0.1) is 6.92 Å². The maximum absolute atomic E-state index is 11.2. The second-order valence-corrected chi connectivity index (χ2v) is 4.17. The molecule has 0 aromatic carbocycles. The molecule has 0 unspecified atom stereocenters. The standard InChI is InChI=1S/C10H13ClN2O2S/c1-7-6-16-8(3-4-12-15-2)10(7)13-9(14)5-11/h3-4,6,12H,5H2,1-2H3,(H,13,14). The molecule has 88 valence electrons. The van der Waals surface area contributed by atoms with Gasteiger partial charge in [0.2, 0.25) is 5.91 Å². The highest BCUT2D eigenvalue weighted by molar-refractivity contribution is 7.11. The number of hydrogen-bond donors (Lipinski definition) is 2. The van der Waals surface area contributed by atoms with E-state index >= 15 is 0 Å². The summed E-state index contributed by atoms with van der Waals surface area (Å²) in [5, 5.41) is 4.72. The summed E-state index contributed by atoms with van der Waals surface area (Å²) in [6.07, 6.45) is 3.48. The molecule has 0 aliphatic rings. The van der Waals surface area contributed by atoms with E-state index in [1.807, 2.05) is 18.4 Å². The number of carbonyl (C=O) groups excluding carboxylic acids is 1. The minimum Gasteiger partial charge on any atom is -0.324 e. The number of hydroxylamine groups is 1. The fourth-order valence-corrected chi connectivity index (χ4v) is 2.06. The molecule has 0 aliphatic carbocycles. The van der Waals surface area contributed by atoms with Crippen LogP contribution < -0.4 is 10.8 Å². The summed E-state index contributed by atoms with van der Waals surface area (Å²) >= 11 is 6.98. The van der Waals surface area contributed by atoms with Crippen LogP contribution in [0.2, 0.25) is 0 Å². The number of rotatable bonds is 5. The highest BCUT2D eigenvalue weighted by Crippen LogP contribution is 2.28. The number of alkyl halides is 1. The molecule has 2 N–H and O–H groups in total. The molecule has 6 heteroatoms. The van der Waals surface area contributed by atoms with Crippen LogP contribution in [0.15, 0.2) is 11.6 Å². The monoisotopic (exact) mass is 260 g/mol. The van der Waals surface area contributed by atoms with Gasteiger partial charge in [-0.25, -0.2) is 0 Å². The van der Waals surface area contributed by atoms with Crippen molar-refractivity contribution in [3.8, 4) is 0 Å². The number of carbonyl (C=O) groups is 1. The van der Waals surface area contributed by atoms with Gasteiger partial charge in [0.15, 0.2) is 0 Å². The number of aryl methyl sites for hydroxylation is 1. The quantitative estimate of drug-likeness (QED) is 0.631. The zero-order chi connectivity index (χ0) is 12.0. The molecule has 1 aromatic rings. The average Bonchev–Trinajstić information content (AvgIpc) is 2.61. The summed E-state index contributed by atoms with van der Waals surface area (Å²) in [5.41, 5.74) is 4.40. The third-order valence-corrected chi connectivity index (χ3v) is 3.12. The molecule has 0 atom stereocenters. The lowest BCUT2D eigenvalue weighted by Gasteiger charge is -2.03. The maximum atomic E-state index is 11.2. The molecule has 1 rings (SSSR count). The van der Waals surface area contributed by atoms with Crippen LogP contribution >= 0.6 is 22.9 Å². The molecule has 1 amide bonds. The van der Waals surface area contributed by atoms with Gasteiger partial charge in [-0.3, -0.25) is 15.1 Å². The van der Waals surface area contributed by atoms with Crippen molar-refractivity contribution in [1.82, 2.24) is 5.48 Å². The Labute approximate surface area is 103 Å². The van der Waals surface area contributed by atoms with Gasteiger partial charge in [-0.2, -0.15) is 0 Å². The van der Waals surface area contributed by atoms with E-state index in [0.29, 0.717) is 0 Å². The molecule has 0 saturated carbocycles. The normalized spacial score (nSPS) is 10.7. The van der Waals surface area contributed by atoms with Crippen LogP contribution in [0.25, 0.3) is 6.08 Å². The molecular weight excluding hydrogens is 248 g/mol. The van der Waals surface area contributed by atoms with Crippen molar-refractivity contribution in [2.75, 3.05) is 18.3 Å². The smallest absolute Gasteiger partial charge is 0.239 e. The highest BCUT2D eigenvalue weighted by atomic mass is 35.5. The Hall–Kier alpha value is -1.04. The Morgan fingerprint density at radius 1 is 1.69 bits per heavy atom. The van der Waals surface area contributed by atoms with Crippen molar-refractivity contribution < 1.29 is 9.63 Å². The Balaban J connectivity index is 2.81. The molecule has 4 nitrogen and oxygen atoms in total. The van der Waals surface area contributed by atoms with Crippen LogP contribution in [0.4, 0.5) is 5.69 Å².